The molecule has 0 aliphatic heterocycles. The lowest BCUT2D eigenvalue weighted by atomic mass is 9.90. The number of unbranched alkanes of at least 4 members (excludes halogenated alkanes) is 10. The maximum absolute atomic E-state index is 12.7. The van der Waals surface area contributed by atoms with Crippen molar-refractivity contribution >= 4 is 5.97 Å². The molecule has 0 spiro atoms. The van der Waals surface area contributed by atoms with E-state index < -0.39 is 0 Å². The third kappa shape index (κ3) is 12.6. The molecule has 3 heteroatoms. The van der Waals surface area contributed by atoms with Gasteiger partial charge in [-0.1, -0.05) is 122 Å². The Bertz CT molecular complexity index is 856. The molecule has 2 aromatic rings. The SMILES string of the molecule is CCCCCCCCCCCCOC(C)c1ccc(C(=O)Oc2ccc(C(CCC)CCCC)cc2)cc1. The van der Waals surface area contributed by atoms with Crippen molar-refractivity contribution in [1.29, 1.82) is 0 Å². The number of hydrogen-bond donors (Lipinski definition) is 0. The van der Waals surface area contributed by atoms with Gasteiger partial charge in [-0.3, -0.25) is 0 Å². The number of benzene rings is 2. The van der Waals surface area contributed by atoms with Crippen molar-refractivity contribution in [2.24, 2.45) is 0 Å². The Morgan fingerprint density at radius 1 is 0.632 bits per heavy atom. The molecular formula is C35H54O3. The molecule has 0 amide bonds. The van der Waals surface area contributed by atoms with Gasteiger partial charge in [-0.15, -0.1) is 0 Å². The third-order valence-electron chi connectivity index (χ3n) is 7.59. The van der Waals surface area contributed by atoms with E-state index >= 15 is 0 Å². The Kier molecular flexibility index (Phi) is 16.8. The molecule has 2 atom stereocenters. The fourth-order valence-electron chi connectivity index (χ4n) is 5.09. The van der Waals surface area contributed by atoms with Gasteiger partial charge < -0.3 is 9.47 Å². The summed E-state index contributed by atoms with van der Waals surface area (Å²) in [6, 6.07) is 15.7. The number of hydrogen-bond acceptors (Lipinski definition) is 3. The minimum absolute atomic E-state index is 0.0231. The Hall–Kier alpha value is -2.13. The van der Waals surface area contributed by atoms with Crippen LogP contribution < -0.4 is 4.74 Å². The Balaban J connectivity index is 1.70. The quantitative estimate of drug-likeness (QED) is 0.0929. The molecule has 0 fully saturated rings. The Morgan fingerprint density at radius 3 is 1.76 bits per heavy atom. The molecule has 0 saturated heterocycles. The van der Waals surface area contributed by atoms with E-state index in [9.17, 15) is 4.79 Å². The first kappa shape index (κ1) is 32.1. The highest BCUT2D eigenvalue weighted by Gasteiger charge is 2.13. The molecule has 0 N–H and O–H groups in total. The van der Waals surface area contributed by atoms with Crippen molar-refractivity contribution in [2.75, 3.05) is 6.61 Å². The van der Waals surface area contributed by atoms with Gasteiger partial charge in [0.15, 0.2) is 0 Å². The monoisotopic (exact) mass is 522 g/mol. The van der Waals surface area contributed by atoms with Crippen LogP contribution in [0.5, 0.6) is 5.75 Å². The topological polar surface area (TPSA) is 35.5 Å². The zero-order valence-electron chi connectivity index (χ0n) is 24.8. The van der Waals surface area contributed by atoms with E-state index in [1.54, 1.807) is 0 Å². The second-order valence-electron chi connectivity index (χ2n) is 10.9. The fraction of sp³-hybridized carbons (Fsp3) is 0.629. The van der Waals surface area contributed by atoms with Gasteiger partial charge >= 0.3 is 5.97 Å². The third-order valence-corrected chi connectivity index (χ3v) is 7.59. The van der Waals surface area contributed by atoms with Crippen LogP contribution in [0, 0.1) is 0 Å². The molecule has 0 bridgehead atoms. The van der Waals surface area contributed by atoms with Gasteiger partial charge in [0.2, 0.25) is 0 Å². The largest absolute Gasteiger partial charge is 0.423 e. The summed E-state index contributed by atoms with van der Waals surface area (Å²) < 4.78 is 11.7. The lowest BCUT2D eigenvalue weighted by molar-refractivity contribution is 0.0626. The van der Waals surface area contributed by atoms with Crippen LogP contribution in [0.4, 0.5) is 0 Å². The lowest BCUT2D eigenvalue weighted by Gasteiger charge is -2.17. The lowest BCUT2D eigenvalue weighted by Crippen LogP contribution is -2.09. The molecule has 2 aromatic carbocycles. The fourth-order valence-corrected chi connectivity index (χ4v) is 5.09. The van der Waals surface area contributed by atoms with Crippen LogP contribution in [0.15, 0.2) is 48.5 Å². The molecule has 0 aliphatic carbocycles. The molecule has 38 heavy (non-hydrogen) atoms. The van der Waals surface area contributed by atoms with Gasteiger partial charge in [0.05, 0.1) is 11.7 Å². The van der Waals surface area contributed by atoms with Crippen LogP contribution in [-0.4, -0.2) is 12.6 Å². The van der Waals surface area contributed by atoms with Crippen molar-refractivity contribution in [3.63, 3.8) is 0 Å². The smallest absolute Gasteiger partial charge is 0.343 e. The number of ether oxygens (including phenoxy) is 2. The van der Waals surface area contributed by atoms with Crippen LogP contribution in [0.2, 0.25) is 0 Å². The van der Waals surface area contributed by atoms with E-state index in [0.29, 0.717) is 17.2 Å². The average Bonchev–Trinajstić information content (AvgIpc) is 2.94. The summed E-state index contributed by atoms with van der Waals surface area (Å²) in [6.45, 7) is 9.62. The summed E-state index contributed by atoms with van der Waals surface area (Å²) in [5, 5.41) is 0. The molecule has 0 heterocycles. The molecule has 3 nitrogen and oxygen atoms in total. The van der Waals surface area contributed by atoms with Gasteiger partial charge in [0.25, 0.3) is 0 Å². The summed E-state index contributed by atoms with van der Waals surface area (Å²) in [6.07, 6.45) is 19.4. The van der Waals surface area contributed by atoms with Gasteiger partial charge in [-0.05, 0) is 67.5 Å². The van der Waals surface area contributed by atoms with Crippen molar-refractivity contribution < 1.29 is 14.3 Å². The minimum atomic E-state index is -0.320. The predicted molar refractivity (Wildman–Crippen MR) is 161 cm³/mol. The van der Waals surface area contributed by atoms with Crippen molar-refractivity contribution in [3.8, 4) is 5.75 Å². The summed E-state index contributed by atoms with van der Waals surface area (Å²) in [5.41, 5.74) is 3.00. The van der Waals surface area contributed by atoms with Crippen LogP contribution in [0.1, 0.15) is 158 Å². The first-order valence-electron chi connectivity index (χ1n) is 15.6. The van der Waals surface area contributed by atoms with Crippen molar-refractivity contribution in [2.45, 2.75) is 136 Å². The second kappa shape index (κ2) is 19.9. The summed E-state index contributed by atoms with van der Waals surface area (Å²) in [7, 11) is 0. The van der Waals surface area contributed by atoms with Gasteiger partial charge in [0.1, 0.15) is 5.75 Å². The highest BCUT2D eigenvalue weighted by atomic mass is 16.5. The zero-order valence-corrected chi connectivity index (χ0v) is 24.8. The molecule has 0 aromatic heterocycles. The van der Waals surface area contributed by atoms with Crippen LogP contribution in [0.25, 0.3) is 0 Å². The number of carbonyl (C=O) groups is 1. The molecule has 0 aliphatic rings. The zero-order chi connectivity index (χ0) is 27.4. The average molecular weight is 523 g/mol. The van der Waals surface area contributed by atoms with Gasteiger partial charge in [-0.2, -0.15) is 0 Å². The normalized spacial score (nSPS) is 12.8. The van der Waals surface area contributed by atoms with Crippen molar-refractivity contribution in [1.82, 2.24) is 0 Å². The molecule has 0 radical (unpaired) electrons. The first-order chi connectivity index (χ1) is 18.6. The summed E-state index contributed by atoms with van der Waals surface area (Å²) >= 11 is 0. The molecule has 2 unspecified atom stereocenters. The van der Waals surface area contributed by atoms with E-state index in [4.69, 9.17) is 9.47 Å². The summed E-state index contributed by atoms with van der Waals surface area (Å²) in [4.78, 5) is 12.7. The molecule has 2 rings (SSSR count). The van der Waals surface area contributed by atoms with Gasteiger partial charge in [0, 0.05) is 6.61 Å². The van der Waals surface area contributed by atoms with Crippen LogP contribution in [0.3, 0.4) is 0 Å². The second-order valence-corrected chi connectivity index (χ2v) is 10.9. The Labute approximate surface area is 233 Å². The van der Waals surface area contributed by atoms with Crippen LogP contribution in [-0.2, 0) is 4.74 Å². The highest BCUT2D eigenvalue weighted by Crippen LogP contribution is 2.29. The summed E-state index contributed by atoms with van der Waals surface area (Å²) in [5.74, 6) is 0.868. The molecule has 212 valence electrons. The highest BCUT2D eigenvalue weighted by molar-refractivity contribution is 5.91. The molecule has 0 saturated carbocycles. The standard InChI is InChI=1S/C35H54O3/c1-5-8-10-11-12-13-14-15-16-17-28-37-29(4)30-20-22-33(23-21-30)35(36)38-34-26-24-32(25-27-34)31(18-7-3)19-9-6-2/h20-27,29,31H,5-19,28H2,1-4H3. The van der Waals surface area contributed by atoms with Crippen LogP contribution >= 0.6 is 0 Å². The van der Waals surface area contributed by atoms with E-state index in [-0.39, 0.29) is 12.1 Å². The maximum atomic E-state index is 12.7. The van der Waals surface area contributed by atoms with E-state index in [2.05, 4.69) is 39.8 Å². The predicted octanol–water partition coefficient (Wildman–Crippen LogP) is 11.0. The van der Waals surface area contributed by atoms with E-state index in [1.807, 2.05) is 36.4 Å². The van der Waals surface area contributed by atoms with Gasteiger partial charge in [-0.25, -0.2) is 4.79 Å². The van der Waals surface area contributed by atoms with E-state index in [0.717, 1.165) is 18.6 Å². The Morgan fingerprint density at radius 2 is 1.18 bits per heavy atom. The maximum Gasteiger partial charge on any atom is 0.343 e. The van der Waals surface area contributed by atoms with E-state index in [1.165, 1.54) is 95.5 Å². The van der Waals surface area contributed by atoms with Crippen molar-refractivity contribution in [3.05, 3.63) is 65.2 Å². The first-order valence-corrected chi connectivity index (χ1v) is 15.6. The number of esters is 1. The number of carbonyl (C=O) groups excluding carboxylic acids is 1. The molecular weight excluding hydrogens is 468 g/mol. The minimum Gasteiger partial charge on any atom is -0.423 e. The number of rotatable bonds is 21.